The van der Waals surface area contributed by atoms with Gasteiger partial charge in [0.05, 0.1) is 18.4 Å². The van der Waals surface area contributed by atoms with Gasteiger partial charge in [-0.2, -0.15) is 0 Å². The first-order valence-electron chi connectivity index (χ1n) is 10.9. The Bertz CT molecular complexity index is 1030. The Kier molecular flexibility index (Phi) is 8.76. The van der Waals surface area contributed by atoms with Crippen LogP contribution in [0.2, 0.25) is 5.02 Å². The molecule has 32 heavy (non-hydrogen) atoms. The zero-order chi connectivity index (χ0) is 23.0. The van der Waals surface area contributed by atoms with E-state index in [1.807, 2.05) is 6.07 Å². The molecule has 1 aliphatic rings. The number of esters is 1. The fraction of sp³-hybridized carbons (Fsp3) is 0.400. The molecule has 1 atom stereocenters. The van der Waals surface area contributed by atoms with Crippen LogP contribution in [0.15, 0.2) is 65.6 Å². The number of hydrogen-bond donors (Lipinski definition) is 0. The number of benzene rings is 2. The average molecular weight is 477 g/mol. The summed E-state index contributed by atoms with van der Waals surface area (Å²) in [6.45, 7) is 0. The molecule has 172 valence electrons. The van der Waals surface area contributed by atoms with Crippen LogP contribution >= 0.6 is 11.6 Å². The molecule has 0 spiro atoms. The molecule has 0 aliphatic heterocycles. The van der Waals surface area contributed by atoms with Gasteiger partial charge in [0, 0.05) is 11.4 Å². The van der Waals surface area contributed by atoms with Crippen LogP contribution in [0.4, 0.5) is 0 Å². The lowest BCUT2D eigenvalue weighted by Gasteiger charge is -2.29. The lowest BCUT2D eigenvalue weighted by molar-refractivity contribution is 0.00877. The maximum Gasteiger partial charge on any atom is 0.338 e. The van der Waals surface area contributed by atoms with E-state index in [-0.39, 0.29) is 34.4 Å². The van der Waals surface area contributed by atoms with Crippen molar-refractivity contribution in [2.45, 2.75) is 49.5 Å². The standard InChI is InChI=1S/C25H29ClO5S/c1-30-23-16-15-21(26)18-24(23)32(28,29)17-9-8-14-22(19-10-4-2-5-11-19)31-25(27)20-12-6-3-7-13-20/h3,6-9,12-13,15-16,18-19,22H,2,4-5,10-11,14,17H2,1H3/b9-8+. The minimum absolute atomic E-state index is 0.0662. The second kappa shape index (κ2) is 11.5. The van der Waals surface area contributed by atoms with Crippen molar-refractivity contribution in [2.75, 3.05) is 12.9 Å². The molecule has 7 heteroatoms. The number of sulfone groups is 1. The second-order valence-corrected chi connectivity index (χ2v) is 10.4. The highest BCUT2D eigenvalue weighted by molar-refractivity contribution is 7.91. The molecule has 5 nitrogen and oxygen atoms in total. The number of rotatable bonds is 9. The van der Waals surface area contributed by atoms with Crippen molar-refractivity contribution in [1.82, 2.24) is 0 Å². The molecular formula is C25H29ClO5S. The predicted molar refractivity (Wildman–Crippen MR) is 126 cm³/mol. The van der Waals surface area contributed by atoms with E-state index < -0.39 is 9.84 Å². The van der Waals surface area contributed by atoms with Gasteiger partial charge < -0.3 is 9.47 Å². The Morgan fingerprint density at radius 2 is 1.81 bits per heavy atom. The fourth-order valence-corrected chi connectivity index (χ4v) is 5.60. The largest absolute Gasteiger partial charge is 0.495 e. The summed E-state index contributed by atoms with van der Waals surface area (Å²) >= 11 is 5.98. The van der Waals surface area contributed by atoms with E-state index >= 15 is 0 Å². The number of methoxy groups -OCH3 is 1. The molecule has 0 N–H and O–H groups in total. The summed E-state index contributed by atoms with van der Waals surface area (Å²) < 4.78 is 36.6. The van der Waals surface area contributed by atoms with Crippen molar-refractivity contribution in [2.24, 2.45) is 5.92 Å². The molecule has 0 bridgehead atoms. The Morgan fingerprint density at radius 3 is 2.50 bits per heavy atom. The molecule has 2 aromatic rings. The van der Waals surface area contributed by atoms with Crippen LogP contribution in [0.1, 0.15) is 48.9 Å². The van der Waals surface area contributed by atoms with Crippen LogP contribution in [-0.2, 0) is 14.6 Å². The van der Waals surface area contributed by atoms with Gasteiger partial charge in [-0.3, -0.25) is 0 Å². The van der Waals surface area contributed by atoms with Crippen LogP contribution in [0, 0.1) is 5.92 Å². The summed E-state index contributed by atoms with van der Waals surface area (Å²) in [6, 6.07) is 13.5. The second-order valence-electron chi connectivity index (χ2n) is 7.99. The van der Waals surface area contributed by atoms with Crippen molar-refractivity contribution in [3.8, 4) is 5.75 Å². The van der Waals surface area contributed by atoms with E-state index in [0.29, 0.717) is 17.0 Å². The van der Waals surface area contributed by atoms with Crippen molar-refractivity contribution in [3.63, 3.8) is 0 Å². The van der Waals surface area contributed by atoms with Crippen LogP contribution in [0.3, 0.4) is 0 Å². The number of hydrogen-bond acceptors (Lipinski definition) is 5. The molecule has 1 saturated carbocycles. The number of carbonyl (C=O) groups excluding carboxylic acids is 1. The maximum absolute atomic E-state index is 12.8. The van der Waals surface area contributed by atoms with E-state index in [0.717, 1.165) is 25.7 Å². The molecule has 0 amide bonds. The molecule has 0 saturated heterocycles. The SMILES string of the molecule is COc1ccc(Cl)cc1S(=O)(=O)C/C=C/CC(OC(=O)c1ccccc1)C1CCCCC1. The Hall–Kier alpha value is -2.31. The third kappa shape index (κ3) is 6.59. The predicted octanol–water partition coefficient (Wildman–Crippen LogP) is 5.87. The highest BCUT2D eigenvalue weighted by Crippen LogP contribution is 2.31. The van der Waals surface area contributed by atoms with Crippen LogP contribution in [-0.4, -0.2) is 33.4 Å². The van der Waals surface area contributed by atoms with Crippen LogP contribution < -0.4 is 4.74 Å². The Morgan fingerprint density at radius 1 is 1.09 bits per heavy atom. The van der Waals surface area contributed by atoms with E-state index in [4.69, 9.17) is 21.1 Å². The number of carbonyl (C=O) groups is 1. The minimum atomic E-state index is -3.62. The fourth-order valence-electron chi connectivity index (χ4n) is 4.03. The minimum Gasteiger partial charge on any atom is -0.495 e. The normalized spacial score (nSPS) is 16.1. The van der Waals surface area contributed by atoms with Gasteiger partial charge in [0.1, 0.15) is 16.7 Å². The van der Waals surface area contributed by atoms with Gasteiger partial charge in [-0.05, 0) is 49.1 Å². The molecule has 3 rings (SSSR count). The summed E-state index contributed by atoms with van der Waals surface area (Å²) in [5.41, 5.74) is 0.521. The third-order valence-corrected chi connectivity index (χ3v) is 7.61. The van der Waals surface area contributed by atoms with Gasteiger partial charge in [0.25, 0.3) is 0 Å². The van der Waals surface area contributed by atoms with Crippen molar-refractivity contribution < 1.29 is 22.7 Å². The Labute approximate surface area is 195 Å². The summed E-state index contributed by atoms with van der Waals surface area (Å²) in [7, 11) is -2.19. The molecule has 2 aromatic carbocycles. The van der Waals surface area contributed by atoms with Gasteiger partial charge in [0.2, 0.25) is 0 Å². The molecular weight excluding hydrogens is 448 g/mol. The van der Waals surface area contributed by atoms with Gasteiger partial charge in [-0.1, -0.05) is 61.2 Å². The summed E-state index contributed by atoms with van der Waals surface area (Å²) in [4.78, 5) is 12.7. The van der Waals surface area contributed by atoms with Crippen LogP contribution in [0.25, 0.3) is 0 Å². The summed E-state index contributed by atoms with van der Waals surface area (Å²) in [5, 5.41) is 0.332. The van der Waals surface area contributed by atoms with Gasteiger partial charge in [-0.15, -0.1) is 0 Å². The maximum atomic E-state index is 12.8. The lowest BCUT2D eigenvalue weighted by Crippen LogP contribution is -2.28. The van der Waals surface area contributed by atoms with E-state index in [9.17, 15) is 13.2 Å². The monoisotopic (exact) mass is 476 g/mol. The smallest absolute Gasteiger partial charge is 0.338 e. The zero-order valence-corrected chi connectivity index (χ0v) is 19.8. The van der Waals surface area contributed by atoms with Gasteiger partial charge >= 0.3 is 5.97 Å². The van der Waals surface area contributed by atoms with Gasteiger partial charge in [0.15, 0.2) is 9.84 Å². The highest BCUT2D eigenvalue weighted by atomic mass is 35.5. The van der Waals surface area contributed by atoms with Gasteiger partial charge in [-0.25, -0.2) is 13.2 Å². The first-order chi connectivity index (χ1) is 15.4. The summed E-state index contributed by atoms with van der Waals surface area (Å²) in [5.74, 6) is 0.0181. The molecule has 1 fully saturated rings. The molecule has 1 aliphatic carbocycles. The molecule has 1 unspecified atom stereocenters. The van der Waals surface area contributed by atoms with Crippen LogP contribution in [0.5, 0.6) is 5.75 Å². The molecule has 0 radical (unpaired) electrons. The first kappa shape index (κ1) is 24.3. The highest BCUT2D eigenvalue weighted by Gasteiger charge is 2.26. The van der Waals surface area contributed by atoms with Crippen molar-refractivity contribution >= 4 is 27.4 Å². The average Bonchev–Trinajstić information content (AvgIpc) is 2.82. The summed E-state index contributed by atoms with van der Waals surface area (Å²) in [6.07, 6.45) is 9.08. The van der Waals surface area contributed by atoms with E-state index in [1.165, 1.54) is 19.6 Å². The molecule has 0 heterocycles. The number of ether oxygens (including phenoxy) is 2. The van der Waals surface area contributed by atoms with E-state index in [2.05, 4.69) is 0 Å². The first-order valence-corrected chi connectivity index (χ1v) is 12.9. The van der Waals surface area contributed by atoms with Crippen molar-refractivity contribution in [1.29, 1.82) is 0 Å². The zero-order valence-electron chi connectivity index (χ0n) is 18.2. The topological polar surface area (TPSA) is 69.7 Å². The number of halogens is 1. The lowest BCUT2D eigenvalue weighted by atomic mass is 9.84. The van der Waals surface area contributed by atoms with E-state index in [1.54, 1.807) is 48.6 Å². The quantitative estimate of drug-likeness (QED) is 0.334. The molecule has 0 aromatic heterocycles. The Balaban J connectivity index is 1.68. The van der Waals surface area contributed by atoms with Crippen molar-refractivity contribution in [3.05, 3.63) is 71.3 Å². The third-order valence-electron chi connectivity index (χ3n) is 5.75.